The van der Waals surface area contributed by atoms with E-state index in [0.717, 1.165) is 0 Å². The SMILES string of the molecule is COc1cc(C=Nc2ccc(O)c(C(=O)O)c2)cc(OC)c1OC. The molecular weight excluding hydrogens is 314 g/mol. The van der Waals surface area contributed by atoms with Crippen LogP contribution in [0, 0.1) is 0 Å². The molecule has 0 radical (unpaired) electrons. The summed E-state index contributed by atoms with van der Waals surface area (Å²) in [5.74, 6) is -0.105. The van der Waals surface area contributed by atoms with E-state index in [9.17, 15) is 9.90 Å². The second kappa shape index (κ2) is 7.36. The van der Waals surface area contributed by atoms with Crippen molar-refractivity contribution >= 4 is 17.9 Å². The normalized spacial score (nSPS) is 10.6. The molecule has 0 spiro atoms. The Morgan fingerprint density at radius 1 is 1.04 bits per heavy atom. The van der Waals surface area contributed by atoms with Crippen molar-refractivity contribution < 1.29 is 29.2 Å². The lowest BCUT2D eigenvalue weighted by Crippen LogP contribution is -1.97. The van der Waals surface area contributed by atoms with Gasteiger partial charge in [0, 0.05) is 11.8 Å². The second-order valence-corrected chi connectivity index (χ2v) is 4.72. The van der Waals surface area contributed by atoms with Crippen LogP contribution in [0.2, 0.25) is 0 Å². The molecule has 0 atom stereocenters. The van der Waals surface area contributed by atoms with Crippen molar-refractivity contribution in [3.8, 4) is 23.0 Å². The molecule has 0 fully saturated rings. The van der Waals surface area contributed by atoms with Gasteiger partial charge in [0.1, 0.15) is 11.3 Å². The maximum Gasteiger partial charge on any atom is 0.339 e. The lowest BCUT2D eigenvalue weighted by atomic mass is 10.1. The van der Waals surface area contributed by atoms with Crippen LogP contribution in [-0.4, -0.2) is 43.7 Å². The van der Waals surface area contributed by atoms with E-state index in [1.807, 2.05) is 0 Å². The third-order valence-corrected chi connectivity index (χ3v) is 3.26. The molecule has 126 valence electrons. The van der Waals surface area contributed by atoms with E-state index in [2.05, 4.69) is 4.99 Å². The molecule has 0 unspecified atom stereocenters. The molecule has 0 amide bonds. The molecule has 0 aliphatic carbocycles. The molecule has 7 nitrogen and oxygen atoms in total. The van der Waals surface area contributed by atoms with Crippen LogP contribution in [0.4, 0.5) is 5.69 Å². The first kappa shape index (κ1) is 17.1. The number of hydrogen-bond acceptors (Lipinski definition) is 6. The first-order chi connectivity index (χ1) is 11.5. The van der Waals surface area contributed by atoms with Crippen LogP contribution < -0.4 is 14.2 Å². The van der Waals surface area contributed by atoms with Crippen LogP contribution >= 0.6 is 0 Å². The lowest BCUT2D eigenvalue weighted by Gasteiger charge is -2.12. The van der Waals surface area contributed by atoms with Gasteiger partial charge in [-0.2, -0.15) is 0 Å². The number of phenols is 1. The average Bonchev–Trinajstić information content (AvgIpc) is 2.59. The van der Waals surface area contributed by atoms with Gasteiger partial charge in [-0.1, -0.05) is 0 Å². The molecule has 0 aliphatic heterocycles. The van der Waals surface area contributed by atoms with Gasteiger partial charge in [-0.3, -0.25) is 4.99 Å². The Morgan fingerprint density at radius 3 is 2.17 bits per heavy atom. The summed E-state index contributed by atoms with van der Waals surface area (Å²) in [6.45, 7) is 0. The molecular formula is C17H17NO6. The van der Waals surface area contributed by atoms with Gasteiger partial charge >= 0.3 is 5.97 Å². The summed E-state index contributed by atoms with van der Waals surface area (Å²) >= 11 is 0. The Hall–Kier alpha value is -3.22. The fourth-order valence-corrected chi connectivity index (χ4v) is 2.10. The quantitative estimate of drug-likeness (QED) is 0.790. The van der Waals surface area contributed by atoms with Crippen LogP contribution in [0.3, 0.4) is 0 Å². The minimum atomic E-state index is -1.22. The minimum Gasteiger partial charge on any atom is -0.507 e. The van der Waals surface area contributed by atoms with E-state index in [-0.39, 0.29) is 11.3 Å². The fourth-order valence-electron chi connectivity index (χ4n) is 2.10. The van der Waals surface area contributed by atoms with E-state index < -0.39 is 5.97 Å². The van der Waals surface area contributed by atoms with Gasteiger partial charge in [0.15, 0.2) is 11.5 Å². The zero-order valence-electron chi connectivity index (χ0n) is 13.4. The largest absolute Gasteiger partial charge is 0.507 e. The van der Waals surface area contributed by atoms with Crippen LogP contribution in [0.5, 0.6) is 23.0 Å². The minimum absolute atomic E-state index is 0.213. The Bertz CT molecular complexity index is 760. The third-order valence-electron chi connectivity index (χ3n) is 3.26. The number of carboxylic acid groups (broad SMARTS) is 1. The molecule has 0 saturated carbocycles. The number of rotatable bonds is 6. The fraction of sp³-hybridized carbons (Fsp3) is 0.176. The van der Waals surface area contributed by atoms with Crippen LogP contribution in [0.1, 0.15) is 15.9 Å². The summed E-state index contributed by atoms with van der Waals surface area (Å²) in [7, 11) is 4.53. The first-order valence-electron chi connectivity index (χ1n) is 6.90. The Labute approximate surface area is 138 Å². The Kier molecular flexibility index (Phi) is 5.26. The van der Waals surface area contributed by atoms with Gasteiger partial charge < -0.3 is 24.4 Å². The van der Waals surface area contributed by atoms with Crippen LogP contribution in [-0.2, 0) is 0 Å². The molecule has 0 bridgehead atoms. The summed E-state index contributed by atoms with van der Waals surface area (Å²) < 4.78 is 15.8. The van der Waals surface area contributed by atoms with E-state index >= 15 is 0 Å². The number of carboxylic acids is 1. The molecule has 2 rings (SSSR count). The predicted octanol–water partition coefficient (Wildman–Crippen LogP) is 2.87. The maximum absolute atomic E-state index is 11.0. The van der Waals surface area contributed by atoms with Gasteiger partial charge in [0.05, 0.1) is 27.0 Å². The predicted molar refractivity (Wildman–Crippen MR) is 88.4 cm³/mol. The maximum atomic E-state index is 11.0. The molecule has 0 aliphatic rings. The molecule has 2 aromatic carbocycles. The Balaban J connectivity index is 2.39. The second-order valence-electron chi connectivity index (χ2n) is 4.72. The highest BCUT2D eigenvalue weighted by atomic mass is 16.5. The number of aromatic hydroxyl groups is 1. The topological polar surface area (TPSA) is 97.6 Å². The number of nitrogens with zero attached hydrogens (tertiary/aromatic N) is 1. The summed E-state index contributed by atoms with van der Waals surface area (Å²) in [6.07, 6.45) is 1.53. The standard InChI is InChI=1S/C17H17NO6/c1-22-14-6-10(7-15(23-2)16(14)24-3)9-18-11-4-5-13(19)12(8-11)17(20)21/h4-9,19H,1-3H3,(H,20,21). The summed E-state index contributed by atoms with van der Waals surface area (Å²) in [6, 6.07) is 7.50. The summed E-state index contributed by atoms with van der Waals surface area (Å²) in [5, 5.41) is 18.5. The first-order valence-corrected chi connectivity index (χ1v) is 6.90. The zero-order valence-corrected chi connectivity index (χ0v) is 13.4. The van der Waals surface area contributed by atoms with Gasteiger partial charge in [-0.25, -0.2) is 4.79 Å². The monoisotopic (exact) mass is 331 g/mol. The van der Waals surface area contributed by atoms with E-state index in [0.29, 0.717) is 28.5 Å². The number of carbonyl (C=O) groups is 1. The van der Waals surface area contributed by atoms with E-state index in [4.69, 9.17) is 19.3 Å². The molecule has 0 aromatic heterocycles. The highest BCUT2D eigenvalue weighted by Gasteiger charge is 2.13. The van der Waals surface area contributed by atoms with Crippen molar-refractivity contribution in [3.05, 3.63) is 41.5 Å². The van der Waals surface area contributed by atoms with Crippen molar-refractivity contribution in [1.29, 1.82) is 0 Å². The van der Waals surface area contributed by atoms with Gasteiger partial charge in [-0.05, 0) is 30.3 Å². The number of aromatic carboxylic acids is 1. The van der Waals surface area contributed by atoms with Crippen molar-refractivity contribution in [2.75, 3.05) is 21.3 Å². The third kappa shape index (κ3) is 3.57. The number of hydrogen-bond donors (Lipinski definition) is 2. The van der Waals surface area contributed by atoms with Gasteiger partial charge in [0.2, 0.25) is 5.75 Å². The van der Waals surface area contributed by atoms with Crippen molar-refractivity contribution in [2.45, 2.75) is 0 Å². The average molecular weight is 331 g/mol. The van der Waals surface area contributed by atoms with Crippen LogP contribution in [0.15, 0.2) is 35.3 Å². The molecule has 24 heavy (non-hydrogen) atoms. The zero-order chi connectivity index (χ0) is 17.7. The van der Waals surface area contributed by atoms with Crippen molar-refractivity contribution in [2.24, 2.45) is 4.99 Å². The van der Waals surface area contributed by atoms with Gasteiger partial charge in [0.25, 0.3) is 0 Å². The number of methoxy groups -OCH3 is 3. The lowest BCUT2D eigenvalue weighted by molar-refractivity contribution is 0.0694. The number of ether oxygens (including phenoxy) is 3. The summed E-state index contributed by atoms with van der Waals surface area (Å²) in [4.78, 5) is 15.2. The molecule has 0 heterocycles. The van der Waals surface area contributed by atoms with Crippen molar-refractivity contribution in [3.63, 3.8) is 0 Å². The number of aliphatic imine (C=N–C) groups is 1. The van der Waals surface area contributed by atoms with E-state index in [1.54, 1.807) is 12.1 Å². The smallest absolute Gasteiger partial charge is 0.339 e. The van der Waals surface area contributed by atoms with Crippen LogP contribution in [0.25, 0.3) is 0 Å². The molecule has 0 saturated heterocycles. The number of benzene rings is 2. The van der Waals surface area contributed by atoms with Crippen molar-refractivity contribution in [1.82, 2.24) is 0 Å². The highest BCUT2D eigenvalue weighted by molar-refractivity contribution is 5.92. The summed E-state index contributed by atoms with van der Waals surface area (Å²) in [5.41, 5.74) is 0.850. The van der Waals surface area contributed by atoms with E-state index in [1.165, 1.54) is 45.7 Å². The van der Waals surface area contributed by atoms with Gasteiger partial charge in [-0.15, -0.1) is 0 Å². The molecule has 7 heteroatoms. The highest BCUT2D eigenvalue weighted by Crippen LogP contribution is 2.37. The Morgan fingerprint density at radius 2 is 1.67 bits per heavy atom. The molecule has 2 N–H and O–H groups in total. The molecule has 2 aromatic rings.